The first-order valence-electron chi connectivity index (χ1n) is 2.94. The van der Waals surface area contributed by atoms with Gasteiger partial charge < -0.3 is 10.8 Å². The molecule has 0 aliphatic heterocycles. The molecular formula is C6H13N3. The number of nitrogens with zero attached hydrogens (tertiary/aromatic N) is 1. The summed E-state index contributed by atoms with van der Waals surface area (Å²) in [6.45, 7) is 5.69. The Morgan fingerprint density at radius 2 is 2.22 bits per heavy atom. The lowest BCUT2D eigenvalue weighted by molar-refractivity contribution is 0.707. The van der Waals surface area contributed by atoms with Crippen molar-refractivity contribution in [1.29, 1.82) is 5.41 Å². The molecule has 0 saturated carbocycles. The molecule has 2 N–H and O–H groups in total. The lowest BCUT2D eigenvalue weighted by Gasteiger charge is -2.02. The van der Waals surface area contributed by atoms with E-state index in [1.165, 1.54) is 6.21 Å². The minimum absolute atomic E-state index is 0.0416. The summed E-state index contributed by atoms with van der Waals surface area (Å²) in [4.78, 5) is 0. The summed E-state index contributed by atoms with van der Waals surface area (Å²) in [5, 5.41) is 10.7. The third kappa shape index (κ3) is 5.00. The highest BCUT2D eigenvalue weighted by atomic mass is 15.3. The molecule has 3 heteroatoms. The van der Waals surface area contributed by atoms with Crippen molar-refractivity contribution in [3.8, 4) is 0 Å². The van der Waals surface area contributed by atoms with Crippen molar-refractivity contribution < 1.29 is 0 Å². The smallest absolute Gasteiger partial charge is 0.0755 e. The summed E-state index contributed by atoms with van der Waals surface area (Å²) < 4.78 is 0. The van der Waals surface area contributed by atoms with Crippen LogP contribution in [0.25, 0.3) is 0 Å². The lowest BCUT2D eigenvalue weighted by Crippen LogP contribution is -2.22. The zero-order valence-electron chi connectivity index (χ0n) is 6.10. The Kier molecular flexibility index (Phi) is 3.67. The second-order valence-electron chi connectivity index (χ2n) is 2.14. The van der Waals surface area contributed by atoms with Crippen molar-refractivity contribution in [3.63, 3.8) is 0 Å². The van der Waals surface area contributed by atoms with Crippen LogP contribution < -0.4 is 5.43 Å². The predicted octanol–water partition coefficient (Wildman–Crippen LogP) is 1.01. The first-order valence-corrected chi connectivity index (χ1v) is 2.94. The molecule has 0 saturated heterocycles. The maximum atomic E-state index is 6.80. The van der Waals surface area contributed by atoms with Gasteiger partial charge in [0, 0.05) is 11.9 Å². The molecule has 0 fully saturated rings. The Morgan fingerprint density at radius 3 is 2.56 bits per heavy atom. The molecule has 0 radical (unpaired) electrons. The molecule has 0 bridgehead atoms. The number of rotatable bonds is 3. The van der Waals surface area contributed by atoms with Crippen LogP contribution >= 0.6 is 0 Å². The fourth-order valence-electron chi connectivity index (χ4n) is 0.268. The third-order valence-corrected chi connectivity index (χ3v) is 0.742. The fourth-order valence-corrected chi connectivity index (χ4v) is 0.268. The molecule has 52 valence electrons. The van der Waals surface area contributed by atoms with E-state index in [0.717, 1.165) is 5.71 Å². The third-order valence-electron chi connectivity index (χ3n) is 0.742. The summed E-state index contributed by atoms with van der Waals surface area (Å²) in [5.74, 6) is 0. The van der Waals surface area contributed by atoms with Gasteiger partial charge >= 0.3 is 0 Å². The van der Waals surface area contributed by atoms with Crippen molar-refractivity contribution in [2.24, 2.45) is 5.10 Å². The molecule has 0 aliphatic rings. The molecule has 0 aliphatic carbocycles. The van der Waals surface area contributed by atoms with Crippen LogP contribution in [0.3, 0.4) is 0 Å². The summed E-state index contributed by atoms with van der Waals surface area (Å²) in [6.07, 6.45) is 1.31. The van der Waals surface area contributed by atoms with Gasteiger partial charge in [0.15, 0.2) is 0 Å². The fraction of sp³-hybridized carbons (Fsp3) is 0.667. The predicted molar refractivity (Wildman–Crippen MR) is 40.2 cm³/mol. The van der Waals surface area contributed by atoms with E-state index >= 15 is 0 Å². The first-order chi connectivity index (χ1) is 4.16. The molecule has 0 aromatic carbocycles. The average molecular weight is 127 g/mol. The Bertz CT molecular complexity index is 113. The zero-order chi connectivity index (χ0) is 7.28. The van der Waals surface area contributed by atoms with Gasteiger partial charge in [-0.15, -0.1) is 0 Å². The van der Waals surface area contributed by atoms with Gasteiger partial charge in [0.25, 0.3) is 0 Å². The second-order valence-corrected chi connectivity index (χ2v) is 2.14. The molecule has 9 heavy (non-hydrogen) atoms. The normalized spacial score (nSPS) is 11.9. The summed E-state index contributed by atoms with van der Waals surface area (Å²) in [7, 11) is 0. The average Bonchev–Trinajstić information content (AvgIpc) is 1.83. The van der Waals surface area contributed by atoms with E-state index in [0.29, 0.717) is 0 Å². The standard InChI is InChI=1S/C6H13N3/c1-5(2)8-9-6(3)4-7/h4,6-7,9H,1-3H3. The Hall–Kier alpha value is -0.860. The van der Waals surface area contributed by atoms with E-state index in [1.807, 2.05) is 20.8 Å². The molecule has 0 aromatic heterocycles. The molecule has 0 spiro atoms. The van der Waals surface area contributed by atoms with Gasteiger partial charge in [0.2, 0.25) is 0 Å². The molecule has 0 rings (SSSR count). The van der Waals surface area contributed by atoms with E-state index < -0.39 is 0 Å². The molecule has 1 atom stereocenters. The zero-order valence-corrected chi connectivity index (χ0v) is 6.10. The van der Waals surface area contributed by atoms with E-state index in [-0.39, 0.29) is 6.04 Å². The maximum absolute atomic E-state index is 6.80. The van der Waals surface area contributed by atoms with Crippen molar-refractivity contribution in [2.75, 3.05) is 0 Å². The van der Waals surface area contributed by atoms with Gasteiger partial charge in [-0.1, -0.05) is 0 Å². The van der Waals surface area contributed by atoms with Gasteiger partial charge in [0.1, 0.15) is 0 Å². The number of hydrogen-bond donors (Lipinski definition) is 2. The van der Waals surface area contributed by atoms with Gasteiger partial charge in [-0.2, -0.15) is 5.10 Å². The minimum Gasteiger partial charge on any atom is -0.311 e. The second kappa shape index (κ2) is 4.06. The largest absolute Gasteiger partial charge is 0.311 e. The first kappa shape index (κ1) is 8.14. The van der Waals surface area contributed by atoms with E-state index in [2.05, 4.69) is 10.5 Å². The van der Waals surface area contributed by atoms with Crippen LogP contribution in [0, 0.1) is 5.41 Å². The molecule has 0 aromatic rings. The quantitative estimate of drug-likeness (QED) is 0.431. The van der Waals surface area contributed by atoms with Crippen molar-refractivity contribution >= 4 is 11.9 Å². The number of nitrogens with one attached hydrogen (secondary N) is 2. The van der Waals surface area contributed by atoms with Crippen LogP contribution in [0.4, 0.5) is 0 Å². The SMILES string of the molecule is CC(C)=NNC(C)C=N. The molecular weight excluding hydrogens is 114 g/mol. The van der Waals surface area contributed by atoms with Crippen molar-refractivity contribution in [2.45, 2.75) is 26.8 Å². The van der Waals surface area contributed by atoms with Crippen LogP contribution in [-0.2, 0) is 0 Å². The van der Waals surface area contributed by atoms with E-state index in [9.17, 15) is 0 Å². The highest BCUT2D eigenvalue weighted by Crippen LogP contribution is 1.75. The van der Waals surface area contributed by atoms with Crippen LogP contribution in [-0.4, -0.2) is 18.0 Å². The Labute approximate surface area is 55.7 Å². The van der Waals surface area contributed by atoms with E-state index in [1.54, 1.807) is 0 Å². The maximum Gasteiger partial charge on any atom is 0.0755 e. The van der Waals surface area contributed by atoms with Crippen LogP contribution in [0.1, 0.15) is 20.8 Å². The number of hydrazone groups is 1. The molecule has 3 nitrogen and oxygen atoms in total. The van der Waals surface area contributed by atoms with Gasteiger partial charge in [0.05, 0.1) is 6.04 Å². The molecule has 0 heterocycles. The molecule has 1 unspecified atom stereocenters. The number of hydrogen-bond acceptors (Lipinski definition) is 3. The van der Waals surface area contributed by atoms with Crippen molar-refractivity contribution in [3.05, 3.63) is 0 Å². The van der Waals surface area contributed by atoms with Crippen LogP contribution in [0.5, 0.6) is 0 Å². The highest BCUT2D eigenvalue weighted by molar-refractivity contribution is 5.78. The van der Waals surface area contributed by atoms with Crippen LogP contribution in [0.15, 0.2) is 5.10 Å². The Balaban J connectivity index is 3.49. The lowest BCUT2D eigenvalue weighted by atomic mass is 10.4. The van der Waals surface area contributed by atoms with Crippen molar-refractivity contribution in [1.82, 2.24) is 5.43 Å². The molecule has 0 amide bonds. The Morgan fingerprint density at radius 1 is 1.67 bits per heavy atom. The summed E-state index contributed by atoms with van der Waals surface area (Å²) in [6, 6.07) is 0.0416. The van der Waals surface area contributed by atoms with E-state index in [4.69, 9.17) is 5.41 Å². The summed E-state index contributed by atoms with van der Waals surface area (Å²) in [5.41, 5.74) is 3.75. The highest BCUT2D eigenvalue weighted by Gasteiger charge is 1.88. The summed E-state index contributed by atoms with van der Waals surface area (Å²) >= 11 is 0. The topological polar surface area (TPSA) is 48.2 Å². The van der Waals surface area contributed by atoms with Gasteiger partial charge in [-0.3, -0.25) is 0 Å². The van der Waals surface area contributed by atoms with Crippen LogP contribution in [0.2, 0.25) is 0 Å². The van der Waals surface area contributed by atoms with Gasteiger partial charge in [-0.25, -0.2) is 0 Å². The minimum atomic E-state index is 0.0416. The van der Waals surface area contributed by atoms with Gasteiger partial charge in [-0.05, 0) is 20.8 Å². The monoisotopic (exact) mass is 127 g/mol.